The minimum Gasteiger partial charge on any atom is -0.309 e. The van der Waals surface area contributed by atoms with E-state index in [1.165, 1.54) is 69.4 Å². The average molecular weight is 324 g/mol. The molecule has 2 aliphatic rings. The molecular weight excluding hydrogens is 294 g/mol. The highest BCUT2D eigenvalue weighted by Crippen LogP contribution is 2.40. The third-order valence-corrected chi connectivity index (χ3v) is 7.27. The minimum absolute atomic E-state index is 0.628. The Labute approximate surface area is 138 Å². The van der Waals surface area contributed by atoms with Gasteiger partial charge in [-0.2, -0.15) is 11.8 Å². The topological polar surface area (TPSA) is 12.0 Å². The lowest BCUT2D eigenvalue weighted by Gasteiger charge is -2.26. The second-order valence-corrected chi connectivity index (χ2v) is 8.86. The van der Waals surface area contributed by atoms with Crippen LogP contribution < -0.4 is 5.32 Å². The monoisotopic (exact) mass is 323 g/mol. The quantitative estimate of drug-likeness (QED) is 0.713. The van der Waals surface area contributed by atoms with Crippen molar-refractivity contribution >= 4 is 23.1 Å². The third-order valence-electron chi connectivity index (χ3n) is 4.94. The van der Waals surface area contributed by atoms with Crippen molar-refractivity contribution in [1.82, 2.24) is 5.32 Å². The van der Waals surface area contributed by atoms with Gasteiger partial charge in [0.05, 0.1) is 0 Å². The first-order chi connectivity index (χ1) is 10.4. The normalized spacial score (nSPS) is 21.8. The third kappa shape index (κ3) is 4.05. The van der Waals surface area contributed by atoms with Crippen LogP contribution in [0.2, 0.25) is 0 Å². The zero-order chi connectivity index (χ0) is 14.5. The molecule has 3 heteroatoms. The van der Waals surface area contributed by atoms with Crippen molar-refractivity contribution in [2.45, 2.75) is 70.1 Å². The smallest absolute Gasteiger partial charge is 0.0443 e. The maximum Gasteiger partial charge on any atom is 0.0443 e. The molecule has 0 amide bonds. The van der Waals surface area contributed by atoms with Gasteiger partial charge < -0.3 is 5.32 Å². The summed E-state index contributed by atoms with van der Waals surface area (Å²) in [5.74, 6) is 3.44. The van der Waals surface area contributed by atoms with E-state index in [-0.39, 0.29) is 0 Å². The number of hydrogen-bond acceptors (Lipinski definition) is 3. The van der Waals surface area contributed by atoms with Crippen molar-refractivity contribution in [2.24, 2.45) is 5.92 Å². The fourth-order valence-corrected chi connectivity index (χ4v) is 6.31. The van der Waals surface area contributed by atoms with Crippen LogP contribution in [0.4, 0.5) is 0 Å². The van der Waals surface area contributed by atoms with Crippen molar-refractivity contribution < 1.29 is 0 Å². The van der Waals surface area contributed by atoms with Crippen LogP contribution in [0.5, 0.6) is 0 Å². The van der Waals surface area contributed by atoms with Gasteiger partial charge in [-0.1, -0.05) is 32.6 Å². The van der Waals surface area contributed by atoms with Gasteiger partial charge in [0.2, 0.25) is 0 Å². The predicted octanol–water partition coefficient (Wildman–Crippen LogP) is 5.55. The number of rotatable bonds is 5. The SMILES string of the molecule is CCCNC(c1cc2c(s1)CCSC2)C1CCCCCC1. The Morgan fingerprint density at radius 1 is 1.24 bits per heavy atom. The molecule has 1 N–H and O–H groups in total. The molecule has 0 bridgehead atoms. The number of fused-ring (bicyclic) bond motifs is 1. The number of hydrogen-bond donors (Lipinski definition) is 1. The second-order valence-electron chi connectivity index (χ2n) is 6.58. The summed E-state index contributed by atoms with van der Waals surface area (Å²) in [6.45, 7) is 3.45. The van der Waals surface area contributed by atoms with Crippen LogP contribution in [0.15, 0.2) is 6.07 Å². The van der Waals surface area contributed by atoms with Gasteiger partial charge in [-0.05, 0) is 55.5 Å². The molecule has 1 nitrogen and oxygen atoms in total. The molecule has 3 rings (SSSR count). The first-order valence-corrected chi connectivity index (χ1v) is 10.8. The van der Waals surface area contributed by atoms with E-state index in [0.717, 1.165) is 5.92 Å². The summed E-state index contributed by atoms with van der Waals surface area (Å²) in [7, 11) is 0. The van der Waals surface area contributed by atoms with Crippen molar-refractivity contribution in [3.05, 3.63) is 21.4 Å². The van der Waals surface area contributed by atoms with Crippen LogP contribution in [-0.2, 0) is 12.2 Å². The van der Waals surface area contributed by atoms with Crippen molar-refractivity contribution in [1.29, 1.82) is 0 Å². The van der Waals surface area contributed by atoms with Crippen molar-refractivity contribution in [2.75, 3.05) is 12.3 Å². The largest absolute Gasteiger partial charge is 0.309 e. The van der Waals surface area contributed by atoms with Crippen molar-refractivity contribution in [3.8, 4) is 0 Å². The van der Waals surface area contributed by atoms with Gasteiger partial charge in [0.25, 0.3) is 0 Å². The summed E-state index contributed by atoms with van der Waals surface area (Å²) in [4.78, 5) is 3.32. The van der Waals surface area contributed by atoms with Gasteiger partial charge in [-0.15, -0.1) is 11.3 Å². The van der Waals surface area contributed by atoms with Gasteiger partial charge >= 0.3 is 0 Å². The average Bonchev–Trinajstić information content (AvgIpc) is 2.75. The molecule has 0 aromatic carbocycles. The summed E-state index contributed by atoms with van der Waals surface area (Å²) < 4.78 is 0. The van der Waals surface area contributed by atoms with E-state index in [9.17, 15) is 0 Å². The number of aryl methyl sites for hydroxylation is 1. The second kappa shape index (κ2) is 8.03. The van der Waals surface area contributed by atoms with E-state index in [4.69, 9.17) is 0 Å². The van der Waals surface area contributed by atoms with Gasteiger partial charge in [0.1, 0.15) is 0 Å². The van der Waals surface area contributed by atoms with E-state index in [2.05, 4.69) is 41.4 Å². The lowest BCUT2D eigenvalue weighted by molar-refractivity contribution is 0.330. The maximum atomic E-state index is 3.90. The zero-order valence-electron chi connectivity index (χ0n) is 13.3. The van der Waals surface area contributed by atoms with Gasteiger partial charge in [0.15, 0.2) is 0 Å². The van der Waals surface area contributed by atoms with Crippen LogP contribution >= 0.6 is 23.1 Å². The van der Waals surface area contributed by atoms with Crippen molar-refractivity contribution in [3.63, 3.8) is 0 Å². The van der Waals surface area contributed by atoms with E-state index >= 15 is 0 Å². The van der Waals surface area contributed by atoms with Gasteiger partial charge in [-0.25, -0.2) is 0 Å². The molecule has 1 atom stereocenters. The fraction of sp³-hybridized carbons (Fsp3) is 0.778. The van der Waals surface area contributed by atoms with E-state index in [1.54, 1.807) is 15.3 Å². The first kappa shape index (κ1) is 15.9. The highest BCUT2D eigenvalue weighted by Gasteiger charge is 2.26. The Kier molecular flexibility index (Phi) is 6.08. The Balaban J connectivity index is 1.78. The number of thiophene rings is 1. The Morgan fingerprint density at radius 3 is 2.76 bits per heavy atom. The standard InChI is InChI=1S/C18H29NS2/c1-2-10-19-18(14-7-5-3-4-6-8-14)17-12-15-13-20-11-9-16(15)21-17/h12,14,18-19H,2-11,13H2,1H3. The van der Waals surface area contributed by atoms with E-state index < -0.39 is 0 Å². The molecule has 1 aliphatic heterocycles. The van der Waals surface area contributed by atoms with Crippen LogP contribution in [0, 0.1) is 5.92 Å². The first-order valence-electron chi connectivity index (χ1n) is 8.81. The molecule has 1 aromatic rings. The van der Waals surface area contributed by atoms with E-state index in [0.29, 0.717) is 6.04 Å². The van der Waals surface area contributed by atoms with E-state index in [1.807, 2.05) is 0 Å². The molecule has 1 fully saturated rings. The number of nitrogens with one attached hydrogen (secondary N) is 1. The Morgan fingerprint density at radius 2 is 2.05 bits per heavy atom. The summed E-state index contributed by atoms with van der Waals surface area (Å²) in [5, 5.41) is 3.90. The fourth-order valence-electron chi connectivity index (χ4n) is 3.77. The molecule has 1 unspecified atom stereocenters. The molecule has 1 aromatic heterocycles. The van der Waals surface area contributed by atoms with Crippen LogP contribution in [0.3, 0.4) is 0 Å². The summed E-state index contributed by atoms with van der Waals surface area (Å²) in [5.41, 5.74) is 1.64. The molecular formula is C18H29NS2. The highest BCUT2D eigenvalue weighted by molar-refractivity contribution is 7.98. The summed E-state index contributed by atoms with van der Waals surface area (Å²) >= 11 is 4.22. The summed E-state index contributed by atoms with van der Waals surface area (Å²) in [6.07, 6.45) is 11.2. The summed E-state index contributed by atoms with van der Waals surface area (Å²) in [6, 6.07) is 3.17. The Bertz CT molecular complexity index is 409. The lowest BCUT2D eigenvalue weighted by Crippen LogP contribution is -2.28. The number of thioether (sulfide) groups is 1. The maximum absolute atomic E-state index is 3.90. The van der Waals surface area contributed by atoms with Crippen LogP contribution in [0.1, 0.15) is 73.2 Å². The highest BCUT2D eigenvalue weighted by atomic mass is 32.2. The molecule has 1 aliphatic carbocycles. The van der Waals surface area contributed by atoms with Gasteiger partial charge in [-0.3, -0.25) is 0 Å². The Hall–Kier alpha value is 0.01000. The molecule has 0 saturated heterocycles. The molecule has 118 valence electrons. The van der Waals surface area contributed by atoms with Gasteiger partial charge in [0, 0.05) is 21.5 Å². The minimum atomic E-state index is 0.628. The van der Waals surface area contributed by atoms with Crippen LogP contribution in [0.25, 0.3) is 0 Å². The molecule has 0 radical (unpaired) electrons. The molecule has 0 spiro atoms. The molecule has 2 heterocycles. The lowest BCUT2D eigenvalue weighted by atomic mass is 9.90. The predicted molar refractivity (Wildman–Crippen MR) is 96.4 cm³/mol. The zero-order valence-corrected chi connectivity index (χ0v) is 15.0. The molecule has 1 saturated carbocycles. The van der Waals surface area contributed by atoms with Crippen LogP contribution in [-0.4, -0.2) is 12.3 Å². The molecule has 21 heavy (non-hydrogen) atoms.